The average Bonchev–Trinajstić information content (AvgIpc) is 2.87. The molecule has 2 unspecified atom stereocenters. The molecule has 0 saturated heterocycles. The van der Waals surface area contributed by atoms with Crippen molar-refractivity contribution in [3.8, 4) is 0 Å². The largest absolute Gasteiger partial charge is 0.389 e. The van der Waals surface area contributed by atoms with Crippen LogP contribution in [0, 0.1) is 5.82 Å². The minimum Gasteiger partial charge on any atom is -0.389 e. The number of benzene rings is 2. The van der Waals surface area contributed by atoms with Gasteiger partial charge in [-0.15, -0.1) is 12.4 Å². The summed E-state index contributed by atoms with van der Waals surface area (Å²) in [4.78, 5) is 13.0. The van der Waals surface area contributed by atoms with Crippen molar-refractivity contribution in [1.29, 1.82) is 0 Å². The molecular formula is C19H23ClFN3O2. The first-order chi connectivity index (χ1) is 12.1. The van der Waals surface area contributed by atoms with Crippen molar-refractivity contribution in [3.05, 3.63) is 70.4 Å². The lowest BCUT2D eigenvalue weighted by atomic mass is 10.0. The topological polar surface area (TPSA) is 59.2 Å². The van der Waals surface area contributed by atoms with Crippen LogP contribution in [0.25, 0.3) is 11.0 Å². The molecule has 0 radical (unpaired) electrons. The molecule has 0 aliphatic carbocycles. The van der Waals surface area contributed by atoms with Crippen molar-refractivity contribution in [2.45, 2.75) is 25.6 Å². The summed E-state index contributed by atoms with van der Waals surface area (Å²) < 4.78 is 17.0. The third kappa shape index (κ3) is 3.53. The van der Waals surface area contributed by atoms with Crippen molar-refractivity contribution in [1.82, 2.24) is 14.5 Å². The summed E-state index contributed by atoms with van der Waals surface area (Å²) in [7, 11) is 1.73. The van der Waals surface area contributed by atoms with Crippen molar-refractivity contribution < 1.29 is 9.50 Å². The van der Waals surface area contributed by atoms with Crippen molar-refractivity contribution in [3.63, 3.8) is 0 Å². The number of aromatic nitrogens is 2. The highest BCUT2D eigenvalue weighted by atomic mass is 35.5. The van der Waals surface area contributed by atoms with Gasteiger partial charge in [0.05, 0.1) is 23.2 Å². The Kier molecular flexibility index (Phi) is 6.58. The molecule has 140 valence electrons. The molecule has 7 heteroatoms. The smallest absolute Gasteiger partial charge is 0.329 e. The van der Waals surface area contributed by atoms with Crippen molar-refractivity contribution in [2.75, 3.05) is 13.6 Å². The zero-order valence-electron chi connectivity index (χ0n) is 14.7. The molecule has 26 heavy (non-hydrogen) atoms. The summed E-state index contributed by atoms with van der Waals surface area (Å²) in [6.45, 7) is 2.70. The van der Waals surface area contributed by atoms with Gasteiger partial charge in [0.15, 0.2) is 0 Å². The van der Waals surface area contributed by atoms with Gasteiger partial charge in [-0.1, -0.05) is 24.3 Å². The number of likely N-dealkylation sites (N-methyl/N-ethyl adjacent to an activating group) is 1. The first kappa shape index (κ1) is 20.2. The number of hydrogen-bond acceptors (Lipinski definition) is 3. The Morgan fingerprint density at radius 2 is 1.85 bits per heavy atom. The van der Waals surface area contributed by atoms with E-state index in [1.54, 1.807) is 28.3 Å². The Morgan fingerprint density at radius 1 is 1.15 bits per heavy atom. The number of rotatable bonds is 6. The standard InChI is InChI=1S/C19H22FN3O2.ClH/c1-3-22-15-9-4-5-10-16(15)23(19(22)25)18(17(24)12-21-2)13-7-6-8-14(20)11-13;/h4-11,17-18,21,24H,3,12H2,1-2H3;1H. The molecule has 0 spiro atoms. The van der Waals surface area contributed by atoms with Crippen LogP contribution in [0.3, 0.4) is 0 Å². The number of hydrogen-bond donors (Lipinski definition) is 2. The van der Waals surface area contributed by atoms with E-state index in [2.05, 4.69) is 5.32 Å². The van der Waals surface area contributed by atoms with Crippen LogP contribution in [0.5, 0.6) is 0 Å². The summed E-state index contributed by atoms with van der Waals surface area (Å²) in [6, 6.07) is 12.8. The van der Waals surface area contributed by atoms with Crippen LogP contribution in [-0.2, 0) is 6.54 Å². The van der Waals surface area contributed by atoms with Crippen molar-refractivity contribution >= 4 is 23.4 Å². The third-order valence-corrected chi connectivity index (χ3v) is 4.43. The van der Waals surface area contributed by atoms with Gasteiger partial charge in [0.2, 0.25) is 0 Å². The zero-order valence-corrected chi connectivity index (χ0v) is 15.5. The second-order valence-corrected chi connectivity index (χ2v) is 6.01. The number of nitrogens with one attached hydrogen (secondary N) is 1. The zero-order chi connectivity index (χ0) is 18.0. The molecule has 1 heterocycles. The maximum atomic E-state index is 13.8. The van der Waals surface area contributed by atoms with Gasteiger partial charge in [0.1, 0.15) is 5.82 Å². The second kappa shape index (κ2) is 8.49. The minimum atomic E-state index is -0.888. The summed E-state index contributed by atoms with van der Waals surface area (Å²) in [5.41, 5.74) is 1.86. The third-order valence-electron chi connectivity index (χ3n) is 4.43. The van der Waals surface area contributed by atoms with Crippen LogP contribution < -0.4 is 11.0 Å². The molecule has 2 atom stereocenters. The van der Waals surface area contributed by atoms with Crippen LogP contribution in [0.15, 0.2) is 53.3 Å². The Balaban J connectivity index is 0.00000243. The molecule has 2 aromatic carbocycles. The lowest BCUT2D eigenvalue weighted by molar-refractivity contribution is 0.130. The van der Waals surface area contributed by atoms with E-state index in [-0.39, 0.29) is 24.6 Å². The molecule has 0 aliphatic rings. The molecule has 0 bridgehead atoms. The van der Waals surface area contributed by atoms with E-state index in [0.717, 1.165) is 11.0 Å². The molecule has 2 N–H and O–H groups in total. The van der Waals surface area contributed by atoms with E-state index in [4.69, 9.17) is 0 Å². The molecule has 1 aromatic heterocycles. The summed E-state index contributed by atoms with van der Waals surface area (Å²) in [5, 5.41) is 13.6. The van der Waals surface area contributed by atoms with E-state index in [0.29, 0.717) is 12.1 Å². The highest BCUT2D eigenvalue weighted by molar-refractivity contribution is 5.85. The van der Waals surface area contributed by atoms with E-state index in [1.807, 2.05) is 31.2 Å². The molecule has 0 amide bonds. The van der Waals surface area contributed by atoms with Crippen molar-refractivity contribution in [2.24, 2.45) is 0 Å². The van der Waals surface area contributed by atoms with Crippen LogP contribution in [0.1, 0.15) is 18.5 Å². The van der Waals surface area contributed by atoms with Crippen LogP contribution in [0.2, 0.25) is 0 Å². The SMILES string of the molecule is CCn1c(=O)n(C(c2cccc(F)c2)C(O)CNC)c2ccccc21.Cl. The number of imidazole rings is 1. The number of aliphatic hydroxyl groups excluding tert-OH is 1. The second-order valence-electron chi connectivity index (χ2n) is 6.01. The summed E-state index contributed by atoms with van der Waals surface area (Å²) in [5.74, 6) is -0.397. The number of aliphatic hydroxyl groups is 1. The number of halogens is 2. The Labute approximate surface area is 157 Å². The quantitative estimate of drug-likeness (QED) is 0.692. The first-order valence-corrected chi connectivity index (χ1v) is 8.36. The van der Waals surface area contributed by atoms with Gasteiger partial charge < -0.3 is 10.4 Å². The van der Waals surface area contributed by atoms with E-state index in [1.165, 1.54) is 12.1 Å². The molecule has 0 saturated carbocycles. The Hall–Kier alpha value is -2.15. The predicted octanol–water partition coefficient (Wildman–Crippen LogP) is 2.55. The fourth-order valence-corrected chi connectivity index (χ4v) is 3.36. The van der Waals surface area contributed by atoms with Gasteiger partial charge in [-0.05, 0) is 43.8 Å². The molecule has 0 fully saturated rings. The normalized spacial score (nSPS) is 13.4. The lowest BCUT2D eigenvalue weighted by Crippen LogP contribution is -2.38. The average molecular weight is 380 g/mol. The number of aryl methyl sites for hydroxylation is 1. The van der Waals surface area contributed by atoms with E-state index in [9.17, 15) is 14.3 Å². The highest BCUT2D eigenvalue weighted by Crippen LogP contribution is 2.26. The Bertz CT molecular complexity index is 938. The van der Waals surface area contributed by atoms with Gasteiger partial charge in [-0.3, -0.25) is 9.13 Å². The summed E-state index contributed by atoms with van der Waals surface area (Å²) in [6.07, 6.45) is -0.888. The lowest BCUT2D eigenvalue weighted by Gasteiger charge is -2.25. The highest BCUT2D eigenvalue weighted by Gasteiger charge is 2.27. The molecule has 3 rings (SSSR count). The molecule has 0 aliphatic heterocycles. The monoisotopic (exact) mass is 379 g/mol. The number of fused-ring (bicyclic) bond motifs is 1. The first-order valence-electron chi connectivity index (χ1n) is 8.36. The van der Waals surface area contributed by atoms with Gasteiger partial charge >= 0.3 is 5.69 Å². The van der Waals surface area contributed by atoms with E-state index >= 15 is 0 Å². The van der Waals surface area contributed by atoms with Crippen LogP contribution in [0.4, 0.5) is 4.39 Å². The maximum Gasteiger partial charge on any atom is 0.329 e. The number of nitrogens with zero attached hydrogens (tertiary/aromatic N) is 2. The van der Waals surface area contributed by atoms with Gasteiger partial charge in [-0.25, -0.2) is 9.18 Å². The van der Waals surface area contributed by atoms with Gasteiger partial charge in [0.25, 0.3) is 0 Å². The molecule has 3 aromatic rings. The number of para-hydroxylation sites is 2. The Morgan fingerprint density at radius 3 is 2.46 bits per heavy atom. The summed E-state index contributed by atoms with van der Waals surface area (Å²) >= 11 is 0. The fraction of sp³-hybridized carbons (Fsp3) is 0.316. The predicted molar refractivity (Wildman–Crippen MR) is 104 cm³/mol. The maximum absolute atomic E-state index is 13.8. The van der Waals surface area contributed by atoms with E-state index < -0.39 is 18.0 Å². The van der Waals surface area contributed by atoms with Gasteiger partial charge in [0, 0.05) is 13.1 Å². The molecule has 5 nitrogen and oxygen atoms in total. The van der Waals surface area contributed by atoms with Crippen LogP contribution in [-0.4, -0.2) is 33.9 Å². The van der Waals surface area contributed by atoms with Gasteiger partial charge in [-0.2, -0.15) is 0 Å². The minimum absolute atomic E-state index is 0. The fourth-order valence-electron chi connectivity index (χ4n) is 3.36. The van der Waals surface area contributed by atoms with Crippen LogP contribution >= 0.6 is 12.4 Å². The molecular weight excluding hydrogens is 357 g/mol.